The molecule has 1 aliphatic carbocycles. The van der Waals surface area contributed by atoms with Crippen LogP contribution in [0.5, 0.6) is 0 Å². The molecular weight excluding hydrogens is 156 g/mol. The maximum atomic E-state index is 2.37. The normalized spacial score (nSPS) is 16.8. The van der Waals surface area contributed by atoms with Crippen molar-refractivity contribution in [2.24, 2.45) is 0 Å². The van der Waals surface area contributed by atoms with Crippen LogP contribution in [0.4, 0.5) is 0 Å². The number of hydrogen-bond acceptors (Lipinski definition) is 0. The van der Waals surface area contributed by atoms with E-state index in [-0.39, 0.29) is 0 Å². The quantitative estimate of drug-likeness (QED) is 0.636. The second kappa shape index (κ2) is 4.27. The van der Waals surface area contributed by atoms with Crippen LogP contribution in [0.2, 0.25) is 0 Å². The van der Waals surface area contributed by atoms with Gasteiger partial charge in [-0.1, -0.05) is 42.0 Å². The first-order valence-electron chi connectivity index (χ1n) is 5.04. The minimum atomic E-state index is 1.26. The molecule has 0 saturated heterocycles. The molecule has 0 fully saturated rings. The molecule has 0 bridgehead atoms. The Hall–Kier alpha value is -1.04. The molecule has 0 nitrogen and oxygen atoms in total. The molecule has 0 aliphatic heterocycles. The monoisotopic (exact) mass is 171 g/mol. The number of allylic oxidation sites excluding steroid dienone is 2. The third-order valence-electron chi connectivity index (χ3n) is 2.48. The summed E-state index contributed by atoms with van der Waals surface area (Å²) in [6, 6.07) is 10.6. The average molecular weight is 171 g/mol. The molecule has 0 N–H and O–H groups in total. The van der Waals surface area contributed by atoms with E-state index >= 15 is 0 Å². The van der Waals surface area contributed by atoms with Crippen molar-refractivity contribution in [2.45, 2.75) is 25.7 Å². The summed E-state index contributed by atoms with van der Waals surface area (Å²) in [5.74, 6) is 0. The van der Waals surface area contributed by atoms with Crippen molar-refractivity contribution in [3.8, 4) is 0 Å². The van der Waals surface area contributed by atoms with Crippen molar-refractivity contribution in [2.75, 3.05) is 0 Å². The van der Waals surface area contributed by atoms with E-state index in [0.29, 0.717) is 0 Å². The Balaban J connectivity index is 2.01. The van der Waals surface area contributed by atoms with Crippen LogP contribution in [0.15, 0.2) is 42.0 Å². The molecule has 1 aromatic carbocycles. The lowest BCUT2D eigenvalue weighted by molar-refractivity contribution is 0.706. The zero-order valence-electron chi connectivity index (χ0n) is 7.87. The van der Waals surface area contributed by atoms with Gasteiger partial charge in [-0.15, -0.1) is 0 Å². The standard InChI is InChI=1S/C13H15/c1-3-7-12(8-4-1)11-13-9-5-2-6-10-13/h1,3-4,7-9,11H,2,5-6,10H2. The first kappa shape index (κ1) is 8.55. The summed E-state index contributed by atoms with van der Waals surface area (Å²) < 4.78 is 0. The van der Waals surface area contributed by atoms with E-state index in [9.17, 15) is 0 Å². The summed E-state index contributed by atoms with van der Waals surface area (Å²) in [6.07, 6.45) is 9.92. The van der Waals surface area contributed by atoms with Gasteiger partial charge in [-0.25, -0.2) is 0 Å². The summed E-state index contributed by atoms with van der Waals surface area (Å²) in [5, 5.41) is 0. The topological polar surface area (TPSA) is 0 Å². The predicted octanol–water partition coefficient (Wildman–Crippen LogP) is 3.74. The highest BCUT2D eigenvalue weighted by Gasteiger charge is 2.03. The Morgan fingerprint density at radius 2 is 1.85 bits per heavy atom. The van der Waals surface area contributed by atoms with Gasteiger partial charge in [0, 0.05) is 6.42 Å². The van der Waals surface area contributed by atoms with Crippen LogP contribution < -0.4 is 0 Å². The van der Waals surface area contributed by atoms with Gasteiger partial charge in [0.15, 0.2) is 0 Å². The average Bonchev–Trinajstić information content (AvgIpc) is 2.21. The van der Waals surface area contributed by atoms with Gasteiger partial charge in [-0.05, 0) is 31.2 Å². The van der Waals surface area contributed by atoms with Crippen LogP contribution >= 0.6 is 0 Å². The zero-order chi connectivity index (χ0) is 8.93. The number of rotatable bonds is 2. The van der Waals surface area contributed by atoms with Crippen molar-refractivity contribution in [3.63, 3.8) is 0 Å². The molecule has 1 aliphatic rings. The summed E-state index contributed by atoms with van der Waals surface area (Å²) in [4.78, 5) is 0. The van der Waals surface area contributed by atoms with Gasteiger partial charge in [0.05, 0.1) is 0 Å². The summed E-state index contributed by atoms with van der Waals surface area (Å²) in [7, 11) is 0. The largest absolute Gasteiger partial charge is 0.0847 e. The van der Waals surface area contributed by atoms with E-state index < -0.39 is 0 Å². The highest BCUT2D eigenvalue weighted by molar-refractivity contribution is 5.33. The van der Waals surface area contributed by atoms with Gasteiger partial charge in [-0.2, -0.15) is 0 Å². The Kier molecular flexibility index (Phi) is 2.81. The predicted molar refractivity (Wildman–Crippen MR) is 56.4 cm³/mol. The van der Waals surface area contributed by atoms with Crippen LogP contribution in [0, 0.1) is 6.42 Å². The van der Waals surface area contributed by atoms with Crippen molar-refractivity contribution < 1.29 is 0 Å². The molecule has 0 heterocycles. The van der Waals surface area contributed by atoms with Gasteiger partial charge < -0.3 is 0 Å². The van der Waals surface area contributed by atoms with Crippen LogP contribution in [-0.4, -0.2) is 0 Å². The van der Waals surface area contributed by atoms with Gasteiger partial charge in [-0.3, -0.25) is 0 Å². The van der Waals surface area contributed by atoms with Gasteiger partial charge >= 0.3 is 0 Å². The van der Waals surface area contributed by atoms with E-state index in [1.807, 2.05) is 0 Å². The fourth-order valence-electron chi connectivity index (χ4n) is 1.76. The van der Waals surface area contributed by atoms with E-state index in [4.69, 9.17) is 0 Å². The van der Waals surface area contributed by atoms with Crippen molar-refractivity contribution >= 4 is 0 Å². The van der Waals surface area contributed by atoms with E-state index in [0.717, 1.165) is 0 Å². The van der Waals surface area contributed by atoms with Crippen molar-refractivity contribution in [1.82, 2.24) is 0 Å². The second-order valence-corrected chi connectivity index (χ2v) is 3.58. The summed E-state index contributed by atoms with van der Waals surface area (Å²) in [6.45, 7) is 0. The van der Waals surface area contributed by atoms with Crippen LogP contribution in [0.3, 0.4) is 0 Å². The molecule has 0 saturated carbocycles. The van der Waals surface area contributed by atoms with E-state index in [1.54, 1.807) is 0 Å². The molecule has 0 heteroatoms. The molecule has 0 atom stereocenters. The number of benzene rings is 1. The van der Waals surface area contributed by atoms with Gasteiger partial charge in [0.25, 0.3) is 0 Å². The molecule has 67 valence electrons. The minimum absolute atomic E-state index is 1.26. The molecule has 0 unspecified atom stereocenters. The summed E-state index contributed by atoms with van der Waals surface area (Å²) in [5.41, 5.74) is 2.84. The number of hydrogen-bond donors (Lipinski definition) is 0. The maximum absolute atomic E-state index is 2.37. The lowest BCUT2D eigenvalue weighted by atomic mass is 9.94. The smallest absolute Gasteiger partial charge is 0.0154 e. The minimum Gasteiger partial charge on any atom is -0.0847 e. The van der Waals surface area contributed by atoms with Crippen molar-refractivity contribution in [1.29, 1.82) is 0 Å². The molecular formula is C13H15. The third-order valence-corrected chi connectivity index (χ3v) is 2.48. The van der Waals surface area contributed by atoms with Crippen LogP contribution in [-0.2, 0) is 0 Å². The molecule has 1 radical (unpaired) electrons. The SMILES string of the molecule is [CH](C1=CCCCC1)c1ccccc1. The Labute approximate surface area is 80.3 Å². The van der Waals surface area contributed by atoms with Gasteiger partial charge in [0.2, 0.25) is 0 Å². The fraction of sp³-hybridized carbons (Fsp3) is 0.308. The maximum Gasteiger partial charge on any atom is 0.0154 e. The molecule has 2 rings (SSSR count). The van der Waals surface area contributed by atoms with Crippen LogP contribution in [0.1, 0.15) is 31.2 Å². The fourth-order valence-corrected chi connectivity index (χ4v) is 1.76. The van der Waals surface area contributed by atoms with Gasteiger partial charge in [0.1, 0.15) is 0 Å². The molecule has 0 aromatic heterocycles. The molecule has 0 amide bonds. The Morgan fingerprint density at radius 1 is 1.00 bits per heavy atom. The molecule has 13 heavy (non-hydrogen) atoms. The van der Waals surface area contributed by atoms with Crippen LogP contribution in [0.25, 0.3) is 0 Å². The lowest BCUT2D eigenvalue weighted by Crippen LogP contribution is -1.93. The zero-order valence-corrected chi connectivity index (χ0v) is 7.87. The Bertz CT molecular complexity index is 282. The first-order valence-corrected chi connectivity index (χ1v) is 5.04. The highest BCUT2D eigenvalue weighted by Crippen LogP contribution is 2.22. The third kappa shape index (κ3) is 2.45. The second-order valence-electron chi connectivity index (χ2n) is 3.58. The molecule has 0 spiro atoms. The first-order chi connectivity index (χ1) is 6.45. The summed E-state index contributed by atoms with van der Waals surface area (Å²) >= 11 is 0. The van der Waals surface area contributed by atoms with E-state index in [1.165, 1.54) is 36.8 Å². The highest BCUT2D eigenvalue weighted by atomic mass is 14.1. The van der Waals surface area contributed by atoms with Crippen molar-refractivity contribution in [3.05, 3.63) is 54.0 Å². The Morgan fingerprint density at radius 3 is 2.54 bits per heavy atom. The van der Waals surface area contributed by atoms with E-state index in [2.05, 4.69) is 42.8 Å². The lowest BCUT2D eigenvalue weighted by Gasteiger charge is -2.11. The molecule has 1 aromatic rings.